The van der Waals surface area contributed by atoms with Gasteiger partial charge in [0.25, 0.3) is 0 Å². The van der Waals surface area contributed by atoms with Crippen LogP contribution >= 0.6 is 0 Å². The van der Waals surface area contributed by atoms with Gasteiger partial charge < -0.3 is 0 Å². The van der Waals surface area contributed by atoms with Crippen LogP contribution < -0.4 is 0 Å². The largest absolute Gasteiger partial charge is 0.0654 e. The average molecular weight is 282 g/mol. The second-order valence-electron chi connectivity index (χ2n) is 6.50. The van der Waals surface area contributed by atoms with Gasteiger partial charge in [-0.05, 0) is 6.42 Å². The molecule has 0 aliphatic rings. The van der Waals surface area contributed by atoms with E-state index in [9.17, 15) is 0 Å². The van der Waals surface area contributed by atoms with Crippen LogP contribution in [0.15, 0.2) is 0 Å². The van der Waals surface area contributed by atoms with Gasteiger partial charge in [0, 0.05) is 0 Å². The van der Waals surface area contributed by atoms with Gasteiger partial charge in [0.1, 0.15) is 0 Å². The van der Waals surface area contributed by atoms with Crippen molar-refractivity contribution >= 4 is 0 Å². The molecule has 0 aromatic carbocycles. The zero-order chi connectivity index (χ0) is 14.7. The van der Waals surface area contributed by atoms with Gasteiger partial charge in [0.05, 0.1) is 0 Å². The Morgan fingerprint density at radius 2 is 0.750 bits per heavy atom. The van der Waals surface area contributed by atoms with Crippen molar-refractivity contribution in [3.63, 3.8) is 0 Å². The van der Waals surface area contributed by atoms with Gasteiger partial charge in [0.15, 0.2) is 0 Å². The third-order valence-electron chi connectivity index (χ3n) is 4.35. The molecule has 0 aliphatic carbocycles. The Balaban J connectivity index is 2.89. The molecule has 20 heavy (non-hydrogen) atoms. The summed E-state index contributed by atoms with van der Waals surface area (Å²) in [6.07, 6.45) is 27.0. The topological polar surface area (TPSA) is 0 Å². The molecule has 121 valence electrons. The summed E-state index contributed by atoms with van der Waals surface area (Å²) in [7, 11) is 0. The number of hydrogen-bond acceptors (Lipinski definition) is 0. The van der Waals surface area contributed by atoms with E-state index in [0.717, 1.165) is 0 Å². The Morgan fingerprint density at radius 1 is 0.450 bits per heavy atom. The van der Waals surface area contributed by atoms with E-state index in [1.807, 2.05) is 0 Å². The summed E-state index contributed by atoms with van der Waals surface area (Å²) in [4.78, 5) is 0. The van der Waals surface area contributed by atoms with E-state index < -0.39 is 0 Å². The van der Waals surface area contributed by atoms with Gasteiger partial charge in [-0.25, -0.2) is 0 Å². The predicted octanol–water partition coefficient (Wildman–Crippen LogP) is 7.86. The molecule has 0 N–H and O–H groups in total. The van der Waals surface area contributed by atoms with E-state index in [1.165, 1.54) is 109 Å². The molecule has 0 rings (SSSR count). The summed E-state index contributed by atoms with van der Waals surface area (Å²) >= 11 is 0. The van der Waals surface area contributed by atoms with Crippen LogP contribution in [0.4, 0.5) is 0 Å². The molecule has 0 saturated heterocycles. The van der Waals surface area contributed by atoms with E-state index in [0.29, 0.717) is 0 Å². The first-order chi connectivity index (χ1) is 9.91. The smallest absolute Gasteiger partial charge is 0.0417 e. The van der Waals surface area contributed by atoms with Crippen LogP contribution in [-0.2, 0) is 0 Å². The maximum absolute atomic E-state index is 2.30. The molecule has 1 radical (unpaired) electrons. The quantitative estimate of drug-likeness (QED) is 0.238. The van der Waals surface area contributed by atoms with E-state index in [2.05, 4.69) is 20.3 Å². The van der Waals surface area contributed by atoms with Crippen LogP contribution in [-0.4, -0.2) is 0 Å². The van der Waals surface area contributed by atoms with Crippen molar-refractivity contribution in [2.24, 2.45) is 0 Å². The summed E-state index contributed by atoms with van der Waals surface area (Å²) in [6, 6.07) is 0. The molecule has 0 heterocycles. The minimum atomic E-state index is 1.32. The van der Waals surface area contributed by atoms with Gasteiger partial charge in [0.2, 0.25) is 0 Å². The van der Waals surface area contributed by atoms with Gasteiger partial charge in [-0.3, -0.25) is 0 Å². The van der Waals surface area contributed by atoms with Gasteiger partial charge in [-0.2, -0.15) is 0 Å². The molecule has 0 saturated carbocycles. The molecule has 0 atom stereocenters. The monoisotopic (exact) mass is 281 g/mol. The normalized spacial score (nSPS) is 11.1. The molecule has 0 unspecified atom stereocenters. The van der Waals surface area contributed by atoms with Crippen molar-refractivity contribution < 1.29 is 0 Å². The first-order valence-corrected chi connectivity index (χ1v) is 9.69. The first kappa shape index (κ1) is 20.0. The summed E-state index contributed by atoms with van der Waals surface area (Å²) in [5, 5.41) is 0. The molecule has 0 aromatic rings. The molecule has 0 bridgehead atoms. The fraction of sp³-hybridized carbons (Fsp3) is 0.950. The van der Waals surface area contributed by atoms with Crippen molar-refractivity contribution in [1.29, 1.82) is 0 Å². The van der Waals surface area contributed by atoms with Crippen LogP contribution in [0.5, 0.6) is 0 Å². The zero-order valence-electron chi connectivity index (χ0n) is 14.6. The standard InChI is InChI=1S/C20H41/c1-3-5-7-9-11-13-15-17-19-20-18-16-14-12-10-8-6-4-2/h3H,4-20H2,1-2H3. The van der Waals surface area contributed by atoms with E-state index >= 15 is 0 Å². The maximum Gasteiger partial charge on any atom is -0.0417 e. The van der Waals surface area contributed by atoms with Crippen molar-refractivity contribution in [1.82, 2.24) is 0 Å². The highest BCUT2D eigenvalue weighted by atomic mass is 14.0. The Morgan fingerprint density at radius 3 is 1.05 bits per heavy atom. The highest BCUT2D eigenvalue weighted by molar-refractivity contribution is 4.55. The highest BCUT2D eigenvalue weighted by Gasteiger charge is 1.94. The predicted molar refractivity (Wildman–Crippen MR) is 94.1 cm³/mol. The van der Waals surface area contributed by atoms with Crippen molar-refractivity contribution in [3.8, 4) is 0 Å². The van der Waals surface area contributed by atoms with E-state index in [4.69, 9.17) is 0 Å². The maximum atomic E-state index is 2.30. The minimum Gasteiger partial charge on any atom is -0.0654 e. The third-order valence-corrected chi connectivity index (χ3v) is 4.35. The van der Waals surface area contributed by atoms with Crippen LogP contribution in [0.2, 0.25) is 0 Å². The Kier molecular flexibility index (Phi) is 19.0. The van der Waals surface area contributed by atoms with Crippen LogP contribution in [0.3, 0.4) is 0 Å². The fourth-order valence-electron chi connectivity index (χ4n) is 2.90. The summed E-state index contributed by atoms with van der Waals surface area (Å²) < 4.78 is 0. The fourth-order valence-corrected chi connectivity index (χ4v) is 2.90. The molecule has 0 fully saturated rings. The van der Waals surface area contributed by atoms with Crippen LogP contribution in [0, 0.1) is 6.42 Å². The number of rotatable bonds is 17. The van der Waals surface area contributed by atoms with Crippen molar-refractivity contribution in [2.75, 3.05) is 0 Å². The molecule has 0 amide bonds. The molecule has 0 heteroatoms. The van der Waals surface area contributed by atoms with E-state index in [1.54, 1.807) is 0 Å². The lowest BCUT2D eigenvalue weighted by Gasteiger charge is -2.03. The molecule has 0 aromatic heterocycles. The molecular weight excluding hydrogens is 240 g/mol. The lowest BCUT2D eigenvalue weighted by molar-refractivity contribution is 0.529. The molecular formula is C20H41. The second-order valence-corrected chi connectivity index (χ2v) is 6.50. The molecule has 0 spiro atoms. The molecule has 0 nitrogen and oxygen atoms in total. The summed E-state index contributed by atoms with van der Waals surface area (Å²) in [5.41, 5.74) is 0. The minimum absolute atomic E-state index is 1.32. The number of unbranched alkanes of at least 4 members (excludes halogenated alkanes) is 17. The summed E-state index contributed by atoms with van der Waals surface area (Å²) in [5.74, 6) is 0. The Labute approximate surface area is 130 Å². The first-order valence-electron chi connectivity index (χ1n) is 9.69. The van der Waals surface area contributed by atoms with Crippen molar-refractivity contribution in [3.05, 3.63) is 6.42 Å². The Hall–Kier alpha value is 0. The zero-order valence-corrected chi connectivity index (χ0v) is 14.6. The van der Waals surface area contributed by atoms with Crippen molar-refractivity contribution in [2.45, 2.75) is 123 Å². The lowest BCUT2D eigenvalue weighted by atomic mass is 10.0. The molecule has 0 aliphatic heterocycles. The second kappa shape index (κ2) is 19.0. The Bertz CT molecular complexity index is 132. The SMILES string of the molecule is C[CH]CCCCCCCCCCCCCCCCCC. The van der Waals surface area contributed by atoms with Crippen LogP contribution in [0.25, 0.3) is 0 Å². The van der Waals surface area contributed by atoms with Crippen LogP contribution in [0.1, 0.15) is 123 Å². The lowest BCUT2D eigenvalue weighted by Crippen LogP contribution is -1.83. The third kappa shape index (κ3) is 18.0. The average Bonchev–Trinajstić information content (AvgIpc) is 2.47. The highest BCUT2D eigenvalue weighted by Crippen LogP contribution is 2.14. The van der Waals surface area contributed by atoms with Gasteiger partial charge in [-0.15, -0.1) is 0 Å². The van der Waals surface area contributed by atoms with Gasteiger partial charge in [-0.1, -0.05) is 123 Å². The van der Waals surface area contributed by atoms with E-state index in [-0.39, 0.29) is 0 Å². The summed E-state index contributed by atoms with van der Waals surface area (Å²) in [6.45, 7) is 4.47. The number of hydrogen-bond donors (Lipinski definition) is 0. The van der Waals surface area contributed by atoms with Gasteiger partial charge >= 0.3 is 0 Å².